The van der Waals surface area contributed by atoms with Crippen molar-refractivity contribution in [1.29, 1.82) is 0 Å². The average molecular weight is 416 g/mol. The highest BCUT2D eigenvalue weighted by atomic mass is 16.5. The fourth-order valence-electron chi connectivity index (χ4n) is 6.62. The molecule has 1 amide bonds. The maximum atomic E-state index is 12.9. The second-order valence-electron chi connectivity index (χ2n) is 10.1. The van der Waals surface area contributed by atoms with Crippen molar-refractivity contribution in [1.82, 2.24) is 19.9 Å². The van der Waals surface area contributed by atoms with Crippen LogP contribution >= 0.6 is 0 Å². The number of hydrogen-bond donors (Lipinski definition) is 0. The number of ether oxygens (including phenoxy) is 1. The highest BCUT2D eigenvalue weighted by Gasteiger charge is 2.61. The lowest BCUT2D eigenvalue weighted by Gasteiger charge is -2.48. The minimum absolute atomic E-state index is 0.286. The molecule has 1 aliphatic carbocycles. The van der Waals surface area contributed by atoms with E-state index in [-0.39, 0.29) is 6.04 Å². The summed E-state index contributed by atoms with van der Waals surface area (Å²) in [6, 6.07) is 1.51. The summed E-state index contributed by atoms with van der Waals surface area (Å²) in [6.45, 7) is 8.56. The molecule has 1 aromatic heterocycles. The predicted octanol–water partition coefficient (Wildman–Crippen LogP) is 1.55. The fraction of sp³-hybridized carbons (Fsp3) is 0.864. The van der Waals surface area contributed by atoms with Gasteiger partial charge < -0.3 is 19.1 Å². The van der Waals surface area contributed by atoms with Gasteiger partial charge in [0.2, 0.25) is 5.91 Å². The smallest absolute Gasteiger partial charge is 0.324 e. The van der Waals surface area contributed by atoms with E-state index in [1.165, 1.54) is 19.3 Å². The number of carbonyl (C=O) groups excluding carboxylic acids is 1. The van der Waals surface area contributed by atoms with Crippen LogP contribution in [0.1, 0.15) is 37.9 Å². The summed E-state index contributed by atoms with van der Waals surface area (Å²) in [7, 11) is 0. The highest BCUT2D eigenvalue weighted by Crippen LogP contribution is 2.54. The van der Waals surface area contributed by atoms with Gasteiger partial charge in [0.1, 0.15) is 0 Å². The van der Waals surface area contributed by atoms with Gasteiger partial charge in [-0.15, -0.1) is 0 Å². The molecule has 0 spiro atoms. The van der Waals surface area contributed by atoms with E-state index in [0.29, 0.717) is 47.5 Å². The molecule has 4 unspecified atom stereocenters. The van der Waals surface area contributed by atoms with E-state index in [9.17, 15) is 4.79 Å². The molecule has 2 bridgehead atoms. The summed E-state index contributed by atoms with van der Waals surface area (Å²) >= 11 is 0. The second kappa shape index (κ2) is 7.48. The Bertz CT molecular complexity index is 781. The van der Waals surface area contributed by atoms with E-state index in [0.717, 1.165) is 58.8 Å². The molecular weight excluding hydrogens is 382 g/mol. The van der Waals surface area contributed by atoms with Crippen LogP contribution in [-0.2, 0) is 9.53 Å². The summed E-state index contributed by atoms with van der Waals surface area (Å²) in [4.78, 5) is 24.6. The number of fused-ring (bicyclic) bond motifs is 6. The van der Waals surface area contributed by atoms with Crippen LogP contribution in [0.2, 0.25) is 0 Å². The number of anilines is 1. The Labute approximate surface area is 177 Å². The maximum absolute atomic E-state index is 12.9. The third kappa shape index (κ3) is 3.23. The number of nitrogens with zero attached hydrogens (tertiary/aromatic N) is 5. The van der Waals surface area contributed by atoms with Crippen molar-refractivity contribution in [3.63, 3.8) is 0 Å². The zero-order valence-corrected chi connectivity index (χ0v) is 17.9. The highest BCUT2D eigenvalue weighted by molar-refractivity contribution is 5.82. The van der Waals surface area contributed by atoms with Crippen molar-refractivity contribution in [2.24, 2.45) is 23.7 Å². The Morgan fingerprint density at radius 2 is 1.90 bits per heavy atom. The van der Waals surface area contributed by atoms with Crippen molar-refractivity contribution in [3.05, 3.63) is 5.82 Å². The normalized spacial score (nSPS) is 39.0. The number of piperidine rings is 3. The SMILES string of the molecule is Cc1noc(N2CC3CCOCC2CC3N2C[C@@H]3C(C(=O)N4CCCCC4)[C@@H]3C2)n1. The lowest BCUT2D eigenvalue weighted by molar-refractivity contribution is -0.134. The third-order valence-electron chi connectivity index (χ3n) is 8.28. The first-order valence-corrected chi connectivity index (χ1v) is 11.9. The molecule has 1 aromatic rings. The molecule has 6 aliphatic rings. The topological polar surface area (TPSA) is 74.9 Å². The lowest BCUT2D eigenvalue weighted by atomic mass is 9.83. The van der Waals surface area contributed by atoms with Crippen LogP contribution in [-0.4, -0.2) is 83.9 Å². The van der Waals surface area contributed by atoms with Crippen molar-refractivity contribution in [2.75, 3.05) is 50.8 Å². The van der Waals surface area contributed by atoms with Crippen LogP contribution in [0.15, 0.2) is 4.52 Å². The number of hydrogen-bond acceptors (Lipinski definition) is 7. The molecular formula is C22H33N5O3. The van der Waals surface area contributed by atoms with Crippen molar-refractivity contribution in [3.8, 4) is 0 Å². The van der Waals surface area contributed by atoms with Gasteiger partial charge in [0.05, 0.1) is 12.6 Å². The van der Waals surface area contributed by atoms with Gasteiger partial charge in [-0.2, -0.15) is 4.98 Å². The summed E-state index contributed by atoms with van der Waals surface area (Å²) in [5.41, 5.74) is 0. The summed E-state index contributed by atoms with van der Waals surface area (Å²) in [5, 5.41) is 3.99. The zero-order valence-electron chi connectivity index (χ0n) is 17.9. The largest absolute Gasteiger partial charge is 0.379 e. The minimum atomic E-state index is 0.286. The quantitative estimate of drug-likeness (QED) is 0.741. The molecule has 8 heteroatoms. The van der Waals surface area contributed by atoms with Crippen LogP contribution in [0, 0.1) is 30.6 Å². The molecule has 164 valence electrons. The first kappa shape index (κ1) is 19.0. The van der Waals surface area contributed by atoms with Gasteiger partial charge in [0, 0.05) is 51.3 Å². The number of amides is 1. The lowest BCUT2D eigenvalue weighted by Crippen LogP contribution is -2.58. The molecule has 0 aromatic carbocycles. The van der Waals surface area contributed by atoms with E-state index < -0.39 is 0 Å². The monoisotopic (exact) mass is 415 g/mol. The Balaban J connectivity index is 1.11. The van der Waals surface area contributed by atoms with Crippen LogP contribution in [0.25, 0.3) is 0 Å². The molecule has 7 rings (SSSR count). The van der Waals surface area contributed by atoms with Crippen LogP contribution < -0.4 is 4.90 Å². The van der Waals surface area contributed by atoms with Gasteiger partial charge in [-0.25, -0.2) is 0 Å². The van der Waals surface area contributed by atoms with E-state index >= 15 is 0 Å². The fourth-order valence-corrected chi connectivity index (χ4v) is 6.62. The average Bonchev–Trinajstić information content (AvgIpc) is 3.04. The number of aromatic nitrogens is 2. The van der Waals surface area contributed by atoms with E-state index in [1.807, 2.05) is 6.92 Å². The Morgan fingerprint density at radius 1 is 1.10 bits per heavy atom. The summed E-state index contributed by atoms with van der Waals surface area (Å²) < 4.78 is 11.4. The van der Waals surface area contributed by atoms with Gasteiger partial charge in [-0.1, -0.05) is 5.16 Å². The van der Waals surface area contributed by atoms with E-state index in [4.69, 9.17) is 9.26 Å². The van der Waals surface area contributed by atoms with E-state index in [1.54, 1.807) is 0 Å². The third-order valence-corrected chi connectivity index (χ3v) is 8.28. The molecule has 8 nitrogen and oxygen atoms in total. The molecule has 6 heterocycles. The molecule has 1 saturated carbocycles. The molecule has 6 atom stereocenters. The summed E-state index contributed by atoms with van der Waals surface area (Å²) in [6.07, 6.45) is 5.80. The predicted molar refractivity (Wildman–Crippen MR) is 110 cm³/mol. The van der Waals surface area contributed by atoms with Crippen molar-refractivity contribution < 1.29 is 14.1 Å². The van der Waals surface area contributed by atoms with Crippen LogP contribution in [0.5, 0.6) is 0 Å². The van der Waals surface area contributed by atoms with Gasteiger partial charge in [0.15, 0.2) is 5.82 Å². The Hall–Kier alpha value is -1.67. The van der Waals surface area contributed by atoms with Gasteiger partial charge in [-0.3, -0.25) is 9.69 Å². The number of likely N-dealkylation sites (tertiary alicyclic amines) is 2. The second-order valence-corrected chi connectivity index (χ2v) is 10.1. The van der Waals surface area contributed by atoms with Crippen molar-refractivity contribution in [2.45, 2.75) is 51.1 Å². The Kier molecular flexibility index (Phi) is 4.75. The molecule has 30 heavy (non-hydrogen) atoms. The molecule has 5 aliphatic heterocycles. The van der Waals surface area contributed by atoms with Gasteiger partial charge >= 0.3 is 6.01 Å². The van der Waals surface area contributed by atoms with E-state index in [2.05, 4.69) is 24.8 Å². The Morgan fingerprint density at radius 3 is 2.63 bits per heavy atom. The molecule has 6 fully saturated rings. The maximum Gasteiger partial charge on any atom is 0.324 e. The molecule has 5 saturated heterocycles. The number of rotatable bonds is 3. The zero-order chi connectivity index (χ0) is 20.2. The first-order chi connectivity index (χ1) is 14.7. The van der Waals surface area contributed by atoms with Crippen LogP contribution in [0.3, 0.4) is 0 Å². The molecule has 0 N–H and O–H groups in total. The first-order valence-electron chi connectivity index (χ1n) is 11.9. The van der Waals surface area contributed by atoms with Crippen LogP contribution in [0.4, 0.5) is 6.01 Å². The number of carbonyl (C=O) groups is 1. The number of aryl methyl sites for hydroxylation is 1. The van der Waals surface area contributed by atoms with Gasteiger partial charge in [0.25, 0.3) is 0 Å². The standard InChI is InChI=1S/C22H33N5O3/c1-14-23-22(30-24-14)27-10-15-5-8-29-13-16(27)9-19(15)26-11-17-18(12-26)20(17)21(28)25-6-3-2-4-7-25/h15-20H,2-13H2,1H3/t15?,16?,17-,18+,19?,20?. The molecule has 0 radical (unpaired) electrons. The summed E-state index contributed by atoms with van der Waals surface area (Å²) in [5.74, 6) is 3.18. The van der Waals surface area contributed by atoms with Crippen molar-refractivity contribution >= 4 is 11.9 Å². The van der Waals surface area contributed by atoms with Gasteiger partial charge in [-0.05, 0) is 56.8 Å². The minimum Gasteiger partial charge on any atom is -0.379 e.